The molecule has 0 bridgehead atoms. The molecule has 0 radical (unpaired) electrons. The molecule has 14 heavy (non-hydrogen) atoms. The molecule has 0 saturated carbocycles. The monoisotopic (exact) mass is 194 g/mol. The van der Waals surface area contributed by atoms with Gasteiger partial charge in [0.05, 0.1) is 6.10 Å². The van der Waals surface area contributed by atoms with Gasteiger partial charge < -0.3 is 4.74 Å². The summed E-state index contributed by atoms with van der Waals surface area (Å²) < 4.78 is 7.10. The van der Waals surface area contributed by atoms with Crippen molar-refractivity contribution in [3.63, 3.8) is 0 Å². The molecular weight excluding hydrogens is 180 g/mol. The predicted molar refractivity (Wildman–Crippen MR) is 51.1 cm³/mol. The highest BCUT2D eigenvalue weighted by Gasteiger charge is 2.30. The summed E-state index contributed by atoms with van der Waals surface area (Å²) >= 11 is 0. The van der Waals surface area contributed by atoms with Crippen LogP contribution in [0.1, 0.15) is 30.3 Å². The van der Waals surface area contributed by atoms with E-state index in [1.165, 1.54) is 0 Å². The van der Waals surface area contributed by atoms with Crippen LogP contribution in [0.25, 0.3) is 0 Å². The van der Waals surface area contributed by atoms with Crippen molar-refractivity contribution in [1.29, 1.82) is 0 Å². The largest absolute Gasteiger partial charge is 0.367 e. The molecule has 2 heterocycles. The van der Waals surface area contributed by atoms with Gasteiger partial charge >= 0.3 is 0 Å². The summed E-state index contributed by atoms with van der Waals surface area (Å²) in [5.74, 6) is 0.0503. The lowest BCUT2D eigenvalue weighted by molar-refractivity contribution is 0.0425. The molecule has 1 saturated heterocycles. The van der Waals surface area contributed by atoms with Crippen molar-refractivity contribution in [1.82, 2.24) is 9.78 Å². The van der Waals surface area contributed by atoms with Gasteiger partial charge in [-0.3, -0.25) is 9.48 Å². The molecule has 0 amide bonds. The van der Waals surface area contributed by atoms with Crippen molar-refractivity contribution in [2.24, 2.45) is 7.05 Å². The van der Waals surface area contributed by atoms with Gasteiger partial charge in [-0.2, -0.15) is 5.10 Å². The fourth-order valence-electron chi connectivity index (χ4n) is 1.78. The van der Waals surface area contributed by atoms with Crippen LogP contribution < -0.4 is 0 Å². The molecule has 4 nitrogen and oxygen atoms in total. The second kappa shape index (κ2) is 3.53. The predicted octanol–water partition coefficient (Wildman–Crippen LogP) is 1.17. The molecule has 1 aliphatic rings. The maximum atomic E-state index is 11.9. The lowest BCUT2D eigenvalue weighted by Gasteiger charge is -2.09. The normalized spacial score (nSPS) is 26.7. The Hall–Kier alpha value is -1.16. The summed E-state index contributed by atoms with van der Waals surface area (Å²) in [6.45, 7) is 2.00. The zero-order valence-electron chi connectivity index (χ0n) is 8.43. The summed E-state index contributed by atoms with van der Waals surface area (Å²) in [5, 5.41) is 3.97. The first kappa shape index (κ1) is 9.40. The van der Waals surface area contributed by atoms with Crippen LogP contribution in [0, 0.1) is 0 Å². The van der Waals surface area contributed by atoms with Crippen LogP contribution >= 0.6 is 0 Å². The van der Waals surface area contributed by atoms with Crippen LogP contribution in [0.15, 0.2) is 12.3 Å². The van der Waals surface area contributed by atoms with Crippen LogP contribution in [0.4, 0.5) is 0 Å². The first-order chi connectivity index (χ1) is 6.68. The van der Waals surface area contributed by atoms with Gasteiger partial charge in [0.2, 0.25) is 5.78 Å². The molecule has 2 rings (SSSR count). The zero-order chi connectivity index (χ0) is 10.1. The Labute approximate surface area is 82.9 Å². The van der Waals surface area contributed by atoms with Crippen LogP contribution in [-0.2, 0) is 11.8 Å². The Balaban J connectivity index is 2.13. The molecule has 1 aliphatic heterocycles. The van der Waals surface area contributed by atoms with Crippen LogP contribution in [-0.4, -0.2) is 27.8 Å². The highest BCUT2D eigenvalue weighted by molar-refractivity contribution is 5.98. The Morgan fingerprint density at radius 2 is 2.43 bits per heavy atom. The minimum absolute atomic E-state index is 0.0503. The minimum atomic E-state index is -0.264. The molecule has 0 N–H and O–H groups in total. The van der Waals surface area contributed by atoms with E-state index in [0.29, 0.717) is 5.69 Å². The zero-order valence-corrected chi connectivity index (χ0v) is 8.43. The van der Waals surface area contributed by atoms with E-state index in [1.807, 2.05) is 6.92 Å². The molecular formula is C10H14N2O2. The van der Waals surface area contributed by atoms with Gasteiger partial charge in [-0.25, -0.2) is 0 Å². The van der Waals surface area contributed by atoms with Gasteiger partial charge in [-0.05, 0) is 25.8 Å². The molecule has 0 aromatic carbocycles. The third-order valence-corrected chi connectivity index (χ3v) is 2.60. The van der Waals surface area contributed by atoms with Gasteiger partial charge in [0.1, 0.15) is 11.8 Å². The van der Waals surface area contributed by atoms with Gasteiger partial charge in [0.15, 0.2) is 0 Å². The van der Waals surface area contributed by atoms with Crippen molar-refractivity contribution in [3.8, 4) is 0 Å². The maximum absolute atomic E-state index is 11.9. The summed E-state index contributed by atoms with van der Waals surface area (Å²) in [7, 11) is 1.77. The third-order valence-electron chi connectivity index (χ3n) is 2.60. The van der Waals surface area contributed by atoms with Gasteiger partial charge in [0.25, 0.3) is 0 Å². The van der Waals surface area contributed by atoms with Gasteiger partial charge in [0, 0.05) is 13.2 Å². The number of nitrogens with zero attached hydrogens (tertiary/aromatic N) is 2. The first-order valence-corrected chi connectivity index (χ1v) is 4.86. The second-order valence-corrected chi connectivity index (χ2v) is 3.72. The summed E-state index contributed by atoms with van der Waals surface area (Å²) in [4.78, 5) is 11.9. The number of carbonyl (C=O) groups is 1. The van der Waals surface area contributed by atoms with Crippen molar-refractivity contribution < 1.29 is 9.53 Å². The fraction of sp³-hybridized carbons (Fsp3) is 0.600. The van der Waals surface area contributed by atoms with E-state index in [9.17, 15) is 4.79 Å². The molecule has 1 aromatic heterocycles. The van der Waals surface area contributed by atoms with E-state index in [1.54, 1.807) is 24.0 Å². The standard InChI is InChI=1S/C10H14N2O2/c1-7-3-4-9(14-7)10(13)8-5-6-11-12(8)2/h5-7,9H,3-4H2,1-2H3. The SMILES string of the molecule is CC1CCC(C(=O)c2ccnn2C)O1. The number of hydrogen-bond donors (Lipinski definition) is 0. The quantitative estimate of drug-likeness (QED) is 0.664. The number of aryl methyl sites for hydroxylation is 1. The van der Waals surface area contributed by atoms with Crippen LogP contribution in [0.5, 0.6) is 0 Å². The van der Waals surface area contributed by atoms with Crippen LogP contribution in [0.3, 0.4) is 0 Å². The molecule has 76 valence electrons. The first-order valence-electron chi connectivity index (χ1n) is 4.86. The average molecular weight is 194 g/mol. The van der Waals surface area contributed by atoms with Gasteiger partial charge in [-0.15, -0.1) is 0 Å². The number of ketones is 1. The second-order valence-electron chi connectivity index (χ2n) is 3.72. The number of carbonyl (C=O) groups excluding carboxylic acids is 1. The van der Waals surface area contributed by atoms with Crippen molar-refractivity contribution in [3.05, 3.63) is 18.0 Å². The number of Topliss-reactive ketones (excluding diaryl/α,β-unsaturated/α-hetero) is 1. The smallest absolute Gasteiger partial charge is 0.209 e. The number of rotatable bonds is 2. The number of aromatic nitrogens is 2. The Morgan fingerprint density at radius 1 is 1.64 bits per heavy atom. The van der Waals surface area contributed by atoms with E-state index in [4.69, 9.17) is 4.74 Å². The van der Waals surface area contributed by atoms with Crippen molar-refractivity contribution in [2.45, 2.75) is 32.0 Å². The van der Waals surface area contributed by atoms with Crippen molar-refractivity contribution >= 4 is 5.78 Å². The Morgan fingerprint density at radius 3 is 2.93 bits per heavy atom. The molecule has 1 aromatic rings. The minimum Gasteiger partial charge on any atom is -0.367 e. The number of hydrogen-bond acceptors (Lipinski definition) is 3. The topological polar surface area (TPSA) is 44.1 Å². The Kier molecular flexibility index (Phi) is 2.37. The molecule has 0 aliphatic carbocycles. The highest BCUT2D eigenvalue weighted by Crippen LogP contribution is 2.22. The van der Waals surface area contributed by atoms with Crippen molar-refractivity contribution in [2.75, 3.05) is 0 Å². The summed E-state index contributed by atoms with van der Waals surface area (Å²) in [5.41, 5.74) is 0.629. The van der Waals surface area contributed by atoms with Gasteiger partial charge in [-0.1, -0.05) is 0 Å². The summed E-state index contributed by atoms with van der Waals surface area (Å²) in [6, 6.07) is 1.73. The molecule has 2 unspecified atom stereocenters. The van der Waals surface area contributed by atoms with E-state index >= 15 is 0 Å². The molecule has 4 heteroatoms. The molecule has 2 atom stereocenters. The van der Waals surface area contributed by atoms with E-state index < -0.39 is 0 Å². The fourth-order valence-corrected chi connectivity index (χ4v) is 1.78. The number of ether oxygens (including phenoxy) is 1. The van der Waals surface area contributed by atoms with E-state index in [-0.39, 0.29) is 18.0 Å². The molecule has 0 spiro atoms. The summed E-state index contributed by atoms with van der Waals surface area (Å²) in [6.07, 6.45) is 3.36. The highest BCUT2D eigenvalue weighted by atomic mass is 16.5. The van der Waals surface area contributed by atoms with E-state index in [2.05, 4.69) is 5.10 Å². The molecule has 1 fully saturated rings. The van der Waals surface area contributed by atoms with Crippen LogP contribution in [0.2, 0.25) is 0 Å². The third kappa shape index (κ3) is 1.57. The maximum Gasteiger partial charge on any atom is 0.209 e. The Bertz CT molecular complexity index is 346. The lowest BCUT2D eigenvalue weighted by Crippen LogP contribution is -2.23. The van der Waals surface area contributed by atoms with E-state index in [0.717, 1.165) is 12.8 Å². The average Bonchev–Trinajstić information content (AvgIpc) is 2.73. The lowest BCUT2D eigenvalue weighted by atomic mass is 10.1.